The normalized spacial score (nSPS) is 12.8. The molecule has 0 aliphatic rings. The Morgan fingerprint density at radius 2 is 2.11 bits per heavy atom. The summed E-state index contributed by atoms with van der Waals surface area (Å²) in [5.41, 5.74) is 0. The van der Waals surface area contributed by atoms with E-state index in [1.54, 1.807) is 11.2 Å². The van der Waals surface area contributed by atoms with Crippen LogP contribution in [-0.4, -0.2) is 40.2 Å². The monoisotopic (exact) mass is 165 g/mol. The van der Waals surface area contributed by atoms with Gasteiger partial charge in [0.1, 0.15) is 0 Å². The maximum atomic E-state index is 10.6. The number of thiocarbonyl (C=S) groups is 1. The lowest BCUT2D eigenvalue weighted by molar-refractivity contribution is 0.630. The third-order valence-electron chi connectivity index (χ3n) is 0.826. The number of nitrogens with zero attached hydrogens (tertiary/aromatic N) is 1. The van der Waals surface area contributed by atoms with Crippen LogP contribution in [0.15, 0.2) is 0 Å². The molecule has 0 aliphatic heterocycles. The molecule has 1 atom stereocenters. The van der Waals surface area contributed by atoms with E-state index in [2.05, 4.69) is 0 Å². The number of rotatable bonds is 2. The fourth-order valence-electron chi connectivity index (χ4n) is 0.303. The summed E-state index contributed by atoms with van der Waals surface area (Å²) in [5, 5.41) is 0. The molecule has 0 aliphatic carbocycles. The van der Waals surface area contributed by atoms with Gasteiger partial charge in [0.2, 0.25) is 0 Å². The molecule has 0 fully saturated rings. The lowest BCUT2D eigenvalue weighted by Gasteiger charge is -2.11. The van der Waals surface area contributed by atoms with Gasteiger partial charge in [0.05, 0.1) is 10.7 Å². The minimum atomic E-state index is -0.799. The largest absolute Gasteiger partial charge is 0.372 e. The number of hydrogen-bond acceptors (Lipinski definition) is 2. The van der Waals surface area contributed by atoms with E-state index >= 15 is 0 Å². The van der Waals surface area contributed by atoms with Gasteiger partial charge in [-0.2, -0.15) is 0 Å². The first-order valence-corrected chi connectivity index (χ1v) is 4.67. The first-order chi connectivity index (χ1) is 4.04. The Morgan fingerprint density at radius 3 is 2.22 bits per heavy atom. The van der Waals surface area contributed by atoms with Crippen molar-refractivity contribution < 1.29 is 4.21 Å². The van der Waals surface area contributed by atoms with E-state index < -0.39 is 10.8 Å². The molecule has 9 heavy (non-hydrogen) atoms. The van der Waals surface area contributed by atoms with E-state index in [1.807, 2.05) is 14.1 Å². The minimum absolute atomic E-state index is 0.502. The third-order valence-corrected chi connectivity index (χ3v) is 2.20. The summed E-state index contributed by atoms with van der Waals surface area (Å²) < 4.78 is 10.6. The molecule has 0 heterocycles. The molecule has 1 unspecified atom stereocenters. The predicted octanol–water partition coefficient (Wildman–Crippen LogP) is 0.254. The summed E-state index contributed by atoms with van der Waals surface area (Å²) in [6.07, 6.45) is 1.65. The van der Waals surface area contributed by atoms with Gasteiger partial charge in [-0.05, 0) is 0 Å². The van der Waals surface area contributed by atoms with E-state index in [4.69, 9.17) is 12.2 Å². The highest BCUT2D eigenvalue weighted by Gasteiger charge is 1.99. The van der Waals surface area contributed by atoms with Gasteiger partial charge in [-0.3, -0.25) is 4.21 Å². The maximum Gasteiger partial charge on any atom is 0.0900 e. The Labute approximate surface area is 63.7 Å². The molecule has 0 aromatic heterocycles. The maximum absolute atomic E-state index is 10.6. The van der Waals surface area contributed by atoms with Crippen LogP contribution in [0.25, 0.3) is 0 Å². The van der Waals surface area contributed by atoms with Crippen LogP contribution in [0.1, 0.15) is 0 Å². The van der Waals surface area contributed by atoms with Crippen LogP contribution in [0, 0.1) is 0 Å². The molecule has 0 radical (unpaired) electrons. The van der Waals surface area contributed by atoms with Crippen molar-refractivity contribution in [2.24, 2.45) is 0 Å². The van der Waals surface area contributed by atoms with Crippen LogP contribution in [0.3, 0.4) is 0 Å². The summed E-state index contributed by atoms with van der Waals surface area (Å²) >= 11 is 4.89. The quantitative estimate of drug-likeness (QED) is 0.547. The molecular weight excluding hydrogens is 154 g/mol. The third kappa shape index (κ3) is 4.54. The van der Waals surface area contributed by atoms with Crippen LogP contribution in [0.5, 0.6) is 0 Å². The van der Waals surface area contributed by atoms with Crippen LogP contribution in [-0.2, 0) is 10.8 Å². The van der Waals surface area contributed by atoms with E-state index in [0.29, 0.717) is 5.75 Å². The molecule has 0 amide bonds. The smallest absolute Gasteiger partial charge is 0.0900 e. The van der Waals surface area contributed by atoms with Gasteiger partial charge >= 0.3 is 0 Å². The molecule has 2 nitrogen and oxygen atoms in total. The molecule has 0 spiro atoms. The summed E-state index contributed by atoms with van der Waals surface area (Å²) in [7, 11) is 2.91. The lowest BCUT2D eigenvalue weighted by Crippen LogP contribution is -2.24. The summed E-state index contributed by atoms with van der Waals surface area (Å²) in [4.78, 5) is 2.55. The zero-order valence-corrected chi connectivity index (χ0v) is 7.51. The van der Waals surface area contributed by atoms with E-state index in [0.717, 1.165) is 4.99 Å². The van der Waals surface area contributed by atoms with Crippen molar-refractivity contribution in [2.75, 3.05) is 26.1 Å². The molecule has 0 saturated heterocycles. The van der Waals surface area contributed by atoms with Crippen LogP contribution in [0.4, 0.5) is 0 Å². The number of hydrogen-bond donors (Lipinski definition) is 0. The summed E-state index contributed by atoms with van der Waals surface area (Å²) in [5.74, 6) is 0.502. The van der Waals surface area contributed by atoms with Gasteiger partial charge in [-0.25, -0.2) is 0 Å². The van der Waals surface area contributed by atoms with Crippen LogP contribution < -0.4 is 0 Å². The topological polar surface area (TPSA) is 20.3 Å². The summed E-state index contributed by atoms with van der Waals surface area (Å²) in [6.45, 7) is 0. The molecule has 0 aromatic carbocycles. The van der Waals surface area contributed by atoms with Gasteiger partial charge in [0.15, 0.2) is 0 Å². The molecule has 0 N–H and O–H groups in total. The molecule has 54 valence electrons. The molecule has 0 saturated carbocycles. The first kappa shape index (κ1) is 9.04. The molecule has 4 heteroatoms. The molecule has 0 aromatic rings. The molecular formula is C5H11NOS2. The van der Waals surface area contributed by atoms with Crippen molar-refractivity contribution >= 4 is 28.0 Å². The summed E-state index contributed by atoms with van der Waals surface area (Å²) in [6, 6.07) is 0. The van der Waals surface area contributed by atoms with Crippen molar-refractivity contribution in [1.29, 1.82) is 0 Å². The first-order valence-electron chi connectivity index (χ1n) is 2.54. The Bertz CT molecular complexity index is 133. The highest BCUT2D eigenvalue weighted by molar-refractivity contribution is 7.88. The van der Waals surface area contributed by atoms with Gasteiger partial charge in [-0.15, -0.1) is 0 Å². The second-order valence-corrected chi connectivity index (χ2v) is 3.91. The lowest BCUT2D eigenvalue weighted by atomic mass is 10.7. The average molecular weight is 165 g/mol. The zero-order valence-electron chi connectivity index (χ0n) is 5.88. The van der Waals surface area contributed by atoms with E-state index in [-0.39, 0.29) is 0 Å². The second-order valence-electron chi connectivity index (χ2n) is 2.01. The average Bonchev–Trinajstić information content (AvgIpc) is 1.63. The van der Waals surface area contributed by atoms with Crippen molar-refractivity contribution in [3.63, 3.8) is 0 Å². The predicted molar refractivity (Wildman–Crippen MR) is 45.2 cm³/mol. The Morgan fingerprint density at radius 1 is 1.67 bits per heavy atom. The SMILES string of the molecule is CN(C)C(=S)CS(C)=O. The van der Waals surface area contributed by atoms with Crippen molar-refractivity contribution in [1.82, 2.24) is 4.90 Å². The highest BCUT2D eigenvalue weighted by Crippen LogP contribution is 1.85. The standard InChI is InChI=1S/C5H11NOS2/c1-6(2)5(8)4-9(3)7/h4H2,1-3H3. The highest BCUT2D eigenvalue weighted by atomic mass is 32.2. The van der Waals surface area contributed by atoms with Crippen LogP contribution in [0.2, 0.25) is 0 Å². The van der Waals surface area contributed by atoms with Gasteiger partial charge in [0, 0.05) is 31.2 Å². The fourth-order valence-corrected chi connectivity index (χ4v) is 1.41. The van der Waals surface area contributed by atoms with Crippen molar-refractivity contribution in [2.45, 2.75) is 0 Å². The van der Waals surface area contributed by atoms with Gasteiger partial charge in [0.25, 0.3) is 0 Å². The Hall–Kier alpha value is 0.0400. The van der Waals surface area contributed by atoms with Gasteiger partial charge < -0.3 is 4.90 Å². The van der Waals surface area contributed by atoms with Gasteiger partial charge in [-0.1, -0.05) is 12.2 Å². The fraction of sp³-hybridized carbons (Fsp3) is 0.800. The Kier molecular flexibility index (Phi) is 3.97. The molecule has 0 bridgehead atoms. The second kappa shape index (κ2) is 3.95. The minimum Gasteiger partial charge on any atom is -0.372 e. The van der Waals surface area contributed by atoms with Crippen LogP contribution >= 0.6 is 12.2 Å². The van der Waals surface area contributed by atoms with E-state index in [1.165, 1.54) is 0 Å². The Balaban J connectivity index is 3.64. The van der Waals surface area contributed by atoms with Crippen molar-refractivity contribution in [3.8, 4) is 0 Å². The molecule has 0 rings (SSSR count). The zero-order chi connectivity index (χ0) is 7.44. The van der Waals surface area contributed by atoms with E-state index in [9.17, 15) is 4.21 Å². The van der Waals surface area contributed by atoms with Crippen molar-refractivity contribution in [3.05, 3.63) is 0 Å².